The highest BCUT2D eigenvalue weighted by atomic mass is 16.2. The second-order valence-electron chi connectivity index (χ2n) is 9.62. The molecule has 2 fully saturated rings. The van der Waals surface area contributed by atoms with Crippen molar-refractivity contribution in [1.82, 2.24) is 34.9 Å². The SMILES string of the molecule is BNC(=O)C1C2CC2(C)CN1C(=O)Cn1nc(C(C)=O)c2cc(-c3cnc(C)nc3)nc(C)c21. The van der Waals surface area contributed by atoms with E-state index in [2.05, 4.69) is 32.2 Å². The van der Waals surface area contributed by atoms with Crippen LogP contribution in [0, 0.1) is 25.2 Å². The van der Waals surface area contributed by atoms with E-state index in [-0.39, 0.29) is 41.2 Å². The van der Waals surface area contributed by atoms with Gasteiger partial charge in [0.25, 0.3) is 0 Å². The summed E-state index contributed by atoms with van der Waals surface area (Å²) in [6.07, 6.45) is 4.33. The Morgan fingerprint density at radius 3 is 2.59 bits per heavy atom. The number of fused-ring (bicyclic) bond motifs is 2. The Morgan fingerprint density at radius 2 is 1.94 bits per heavy atom. The molecule has 3 atom stereocenters. The number of carbonyl (C=O) groups is 3. The fourth-order valence-corrected chi connectivity index (χ4v) is 5.20. The number of nitrogens with one attached hydrogen (secondary N) is 1. The highest BCUT2D eigenvalue weighted by Crippen LogP contribution is 2.60. The number of Topliss-reactive ketones (excluding diaryl/α,β-unsaturated/α-hetero) is 1. The zero-order valence-electron chi connectivity index (χ0n) is 19.9. The molecule has 1 N–H and O–H groups in total. The second kappa shape index (κ2) is 7.71. The van der Waals surface area contributed by atoms with Crippen LogP contribution in [-0.4, -0.2) is 67.8 Å². The molecule has 174 valence electrons. The number of amides is 2. The molecule has 1 saturated heterocycles. The van der Waals surface area contributed by atoms with Crippen LogP contribution >= 0.6 is 0 Å². The lowest BCUT2D eigenvalue weighted by atomic mass is 10.1. The second-order valence-corrected chi connectivity index (χ2v) is 9.62. The van der Waals surface area contributed by atoms with E-state index in [1.54, 1.807) is 42.9 Å². The van der Waals surface area contributed by atoms with Crippen LogP contribution < -0.4 is 5.23 Å². The molecule has 0 radical (unpaired) electrons. The quantitative estimate of drug-likeness (QED) is 0.438. The number of carbonyl (C=O) groups excluding carboxylic acids is 3. The van der Waals surface area contributed by atoms with E-state index >= 15 is 0 Å². The van der Waals surface area contributed by atoms with Gasteiger partial charge in [0.2, 0.25) is 19.8 Å². The van der Waals surface area contributed by atoms with Crippen molar-refractivity contribution in [3.63, 3.8) is 0 Å². The standard InChI is InChI=1S/C23H26BN7O3/c1-11-20-15(5-17(27-11)14-7-25-13(3)26-8-14)19(12(2)32)29-31(20)9-18(33)30-10-23(4)6-16(23)21(30)22(34)28-24/h5,7-8,16,21H,6,9-10,24H2,1-4H3,(H,28,34). The number of nitrogens with zero attached hydrogens (tertiary/aromatic N) is 6. The Balaban J connectivity index is 1.53. The summed E-state index contributed by atoms with van der Waals surface area (Å²) in [5.41, 5.74) is 2.90. The molecule has 3 aromatic rings. The van der Waals surface area contributed by atoms with Gasteiger partial charge in [0.05, 0.1) is 16.9 Å². The van der Waals surface area contributed by atoms with Gasteiger partial charge in [-0.1, -0.05) is 6.92 Å². The Bertz CT molecular complexity index is 1350. The van der Waals surface area contributed by atoms with Crippen LogP contribution in [0.3, 0.4) is 0 Å². The monoisotopic (exact) mass is 459 g/mol. The van der Waals surface area contributed by atoms with E-state index < -0.39 is 6.04 Å². The van der Waals surface area contributed by atoms with Crippen molar-refractivity contribution in [1.29, 1.82) is 0 Å². The minimum atomic E-state index is -0.469. The van der Waals surface area contributed by atoms with Gasteiger partial charge in [-0.15, -0.1) is 0 Å². The van der Waals surface area contributed by atoms with Crippen LogP contribution in [-0.2, 0) is 16.1 Å². The van der Waals surface area contributed by atoms with Crippen LogP contribution in [0.5, 0.6) is 0 Å². The number of aromatic nitrogens is 5. The van der Waals surface area contributed by atoms with Gasteiger partial charge in [-0.3, -0.25) is 24.0 Å². The summed E-state index contributed by atoms with van der Waals surface area (Å²) in [5.74, 6) is 0.294. The van der Waals surface area contributed by atoms with Gasteiger partial charge >= 0.3 is 0 Å². The van der Waals surface area contributed by atoms with Crippen LogP contribution in [0.1, 0.15) is 42.3 Å². The Labute approximate surface area is 197 Å². The maximum Gasteiger partial charge on any atom is 0.245 e. The summed E-state index contributed by atoms with van der Waals surface area (Å²) < 4.78 is 1.54. The predicted octanol–water partition coefficient (Wildman–Crippen LogP) is 0.609. The molecular weight excluding hydrogens is 433 g/mol. The van der Waals surface area contributed by atoms with Crippen molar-refractivity contribution in [3.05, 3.63) is 35.7 Å². The summed E-state index contributed by atoms with van der Waals surface area (Å²) in [6.45, 7) is 7.67. The molecule has 0 spiro atoms. The fourth-order valence-electron chi connectivity index (χ4n) is 5.20. The maximum absolute atomic E-state index is 13.4. The van der Waals surface area contributed by atoms with Gasteiger partial charge in [-0.05, 0) is 37.7 Å². The average molecular weight is 459 g/mol. The summed E-state index contributed by atoms with van der Waals surface area (Å²) in [7, 11) is 1.59. The predicted molar refractivity (Wildman–Crippen MR) is 126 cm³/mol. The molecule has 2 amide bonds. The number of pyridine rings is 1. The van der Waals surface area contributed by atoms with Gasteiger partial charge in [0.1, 0.15) is 24.1 Å². The van der Waals surface area contributed by atoms with Gasteiger partial charge in [0, 0.05) is 36.8 Å². The molecule has 4 heterocycles. The van der Waals surface area contributed by atoms with E-state index in [9.17, 15) is 14.4 Å². The maximum atomic E-state index is 13.4. The van der Waals surface area contributed by atoms with Gasteiger partial charge in [-0.25, -0.2) is 9.97 Å². The third-order valence-corrected chi connectivity index (χ3v) is 7.10. The number of ketones is 1. The molecule has 5 rings (SSSR count). The summed E-state index contributed by atoms with van der Waals surface area (Å²) in [4.78, 5) is 53.1. The van der Waals surface area contributed by atoms with Crippen molar-refractivity contribution in [2.75, 3.05) is 6.54 Å². The van der Waals surface area contributed by atoms with E-state index in [0.29, 0.717) is 34.7 Å². The zero-order valence-corrected chi connectivity index (χ0v) is 19.9. The smallest absolute Gasteiger partial charge is 0.245 e. The van der Waals surface area contributed by atoms with Crippen molar-refractivity contribution in [2.45, 2.75) is 46.7 Å². The molecule has 11 heteroatoms. The molecule has 3 aromatic heterocycles. The van der Waals surface area contributed by atoms with Crippen molar-refractivity contribution in [3.8, 4) is 11.3 Å². The molecule has 1 saturated carbocycles. The number of rotatable bonds is 5. The summed E-state index contributed by atoms with van der Waals surface area (Å²) in [5, 5.41) is 7.82. The van der Waals surface area contributed by atoms with E-state index in [4.69, 9.17) is 0 Å². The number of piperidine rings is 1. The highest BCUT2D eigenvalue weighted by Gasteiger charge is 2.64. The van der Waals surface area contributed by atoms with Crippen LogP contribution in [0.25, 0.3) is 22.2 Å². The van der Waals surface area contributed by atoms with Crippen LogP contribution in [0.2, 0.25) is 0 Å². The summed E-state index contributed by atoms with van der Waals surface area (Å²) >= 11 is 0. The molecule has 0 aromatic carbocycles. The lowest BCUT2D eigenvalue weighted by Gasteiger charge is -2.27. The Morgan fingerprint density at radius 1 is 1.24 bits per heavy atom. The molecule has 1 aliphatic carbocycles. The normalized spacial score (nSPS) is 23.1. The van der Waals surface area contributed by atoms with E-state index in [1.165, 1.54) is 6.92 Å². The molecule has 10 nitrogen and oxygen atoms in total. The highest BCUT2D eigenvalue weighted by molar-refractivity contribution is 6.15. The molecule has 0 bridgehead atoms. The van der Waals surface area contributed by atoms with Gasteiger partial charge in [-0.2, -0.15) is 5.10 Å². The third-order valence-electron chi connectivity index (χ3n) is 7.10. The van der Waals surface area contributed by atoms with Gasteiger partial charge < -0.3 is 10.1 Å². The van der Waals surface area contributed by atoms with Crippen molar-refractivity contribution >= 4 is 36.5 Å². The largest absolute Gasteiger partial charge is 0.404 e. The van der Waals surface area contributed by atoms with E-state index in [0.717, 1.165) is 12.0 Å². The summed E-state index contributed by atoms with van der Waals surface area (Å²) in [6, 6.07) is 1.32. The topological polar surface area (TPSA) is 123 Å². The zero-order chi connectivity index (χ0) is 24.4. The first-order valence-corrected chi connectivity index (χ1v) is 11.3. The van der Waals surface area contributed by atoms with Crippen LogP contribution in [0.15, 0.2) is 18.5 Å². The molecular formula is C23H26BN7O3. The minimum Gasteiger partial charge on any atom is -0.404 e. The first-order chi connectivity index (χ1) is 16.1. The average Bonchev–Trinajstić information content (AvgIpc) is 3.16. The molecule has 3 unspecified atom stereocenters. The Hall–Kier alpha value is -3.63. The number of aryl methyl sites for hydroxylation is 2. The first kappa shape index (κ1) is 22.2. The lowest BCUT2D eigenvalue weighted by molar-refractivity contribution is -0.139. The van der Waals surface area contributed by atoms with Gasteiger partial charge in [0.15, 0.2) is 5.78 Å². The number of hydrogen-bond acceptors (Lipinski definition) is 7. The fraction of sp³-hybridized carbons (Fsp3) is 0.435. The Kier molecular flexibility index (Phi) is 5.03. The number of likely N-dealkylation sites (tertiary alicyclic amines) is 1. The molecule has 1 aliphatic heterocycles. The number of hydrogen-bond donors (Lipinski definition) is 1. The van der Waals surface area contributed by atoms with E-state index in [1.807, 2.05) is 6.92 Å². The lowest BCUT2D eigenvalue weighted by Crippen LogP contribution is -2.48. The first-order valence-electron chi connectivity index (χ1n) is 11.3. The van der Waals surface area contributed by atoms with Crippen molar-refractivity contribution < 1.29 is 14.4 Å². The molecule has 34 heavy (non-hydrogen) atoms. The third kappa shape index (κ3) is 3.46. The molecule has 2 aliphatic rings. The minimum absolute atomic E-state index is 0.00789. The van der Waals surface area contributed by atoms with Crippen LogP contribution in [0.4, 0.5) is 0 Å². The van der Waals surface area contributed by atoms with Crippen molar-refractivity contribution in [2.24, 2.45) is 11.3 Å².